The van der Waals surface area contributed by atoms with Crippen LogP contribution in [-0.4, -0.2) is 35.5 Å². The molecule has 0 saturated carbocycles. The average molecular weight is 471 g/mol. The van der Waals surface area contributed by atoms with Crippen LogP contribution in [0, 0.1) is 0 Å². The van der Waals surface area contributed by atoms with Crippen molar-refractivity contribution in [3.8, 4) is 11.5 Å². The van der Waals surface area contributed by atoms with Crippen molar-refractivity contribution in [3.05, 3.63) is 57.0 Å². The Morgan fingerprint density at radius 2 is 1.74 bits per heavy atom. The van der Waals surface area contributed by atoms with Crippen LogP contribution in [0.3, 0.4) is 0 Å². The van der Waals surface area contributed by atoms with Crippen LogP contribution in [0.25, 0.3) is 0 Å². The van der Waals surface area contributed by atoms with Crippen LogP contribution >= 0.6 is 39.3 Å². The molecule has 142 valence electrons. The van der Waals surface area contributed by atoms with E-state index in [1.54, 1.807) is 12.1 Å². The summed E-state index contributed by atoms with van der Waals surface area (Å²) in [6.45, 7) is 0.258. The summed E-state index contributed by atoms with van der Waals surface area (Å²) in [6.07, 6.45) is 0.339. The number of carbonyl (C=O) groups is 2. The van der Waals surface area contributed by atoms with Gasteiger partial charge in [0.2, 0.25) is 5.91 Å². The number of hydrogen-bond donors (Lipinski definition) is 0. The van der Waals surface area contributed by atoms with Crippen LogP contribution in [0.15, 0.2) is 40.9 Å². The third kappa shape index (κ3) is 4.42. The Bertz CT molecular complexity index is 875. The summed E-state index contributed by atoms with van der Waals surface area (Å²) in [5.74, 6) is 0.841. The molecule has 0 radical (unpaired) electrons. The third-order valence-corrected chi connectivity index (χ3v) is 6.17. The first-order valence-corrected chi connectivity index (χ1v) is 10.1. The van der Waals surface area contributed by atoms with Gasteiger partial charge in [-0.2, -0.15) is 0 Å². The maximum absolute atomic E-state index is 12.8. The van der Waals surface area contributed by atoms with Crippen molar-refractivity contribution in [3.63, 3.8) is 0 Å². The molecule has 8 heteroatoms. The molecule has 5 nitrogen and oxygen atoms in total. The zero-order valence-corrected chi connectivity index (χ0v) is 17.9. The van der Waals surface area contributed by atoms with Crippen LogP contribution in [0.4, 0.5) is 4.79 Å². The van der Waals surface area contributed by atoms with Gasteiger partial charge in [-0.25, -0.2) is 0 Å². The predicted octanol–water partition coefficient (Wildman–Crippen LogP) is 4.93. The first kappa shape index (κ1) is 20.0. The summed E-state index contributed by atoms with van der Waals surface area (Å²) in [5.41, 5.74) is 1.63. The van der Waals surface area contributed by atoms with Crippen molar-refractivity contribution < 1.29 is 19.1 Å². The zero-order valence-electron chi connectivity index (χ0n) is 14.7. The van der Waals surface area contributed by atoms with Crippen LogP contribution in [0.2, 0.25) is 5.02 Å². The second-order valence-electron chi connectivity index (χ2n) is 5.93. The zero-order chi connectivity index (χ0) is 19.6. The molecule has 0 bridgehead atoms. The molecule has 1 aliphatic heterocycles. The predicted molar refractivity (Wildman–Crippen MR) is 110 cm³/mol. The average Bonchev–Trinajstić information content (AvgIpc) is 2.92. The highest BCUT2D eigenvalue weighted by molar-refractivity contribution is 9.10. The molecule has 2 aromatic carbocycles. The van der Waals surface area contributed by atoms with Gasteiger partial charge in [0.05, 0.1) is 26.0 Å². The van der Waals surface area contributed by atoms with E-state index in [2.05, 4.69) is 15.9 Å². The summed E-state index contributed by atoms with van der Waals surface area (Å²) in [6, 6.07) is 10.9. The van der Waals surface area contributed by atoms with E-state index >= 15 is 0 Å². The van der Waals surface area contributed by atoms with E-state index < -0.39 is 5.25 Å². The second kappa shape index (κ2) is 8.54. The number of rotatable bonds is 6. The molecule has 1 fully saturated rings. The molecule has 0 aromatic heterocycles. The molecule has 1 atom stereocenters. The lowest BCUT2D eigenvalue weighted by Gasteiger charge is -2.15. The van der Waals surface area contributed by atoms with Gasteiger partial charge in [-0.1, -0.05) is 51.4 Å². The molecule has 0 N–H and O–H groups in total. The van der Waals surface area contributed by atoms with E-state index in [1.807, 2.05) is 24.3 Å². The summed E-state index contributed by atoms with van der Waals surface area (Å²) in [7, 11) is 3.07. The molecule has 2 aromatic rings. The maximum atomic E-state index is 12.8. The van der Waals surface area contributed by atoms with E-state index in [-0.39, 0.29) is 17.7 Å². The van der Waals surface area contributed by atoms with Crippen molar-refractivity contribution in [2.45, 2.75) is 18.2 Å². The molecule has 2 amide bonds. The van der Waals surface area contributed by atoms with Gasteiger partial charge in [-0.15, -0.1) is 0 Å². The van der Waals surface area contributed by atoms with Gasteiger partial charge in [-0.3, -0.25) is 14.5 Å². The third-order valence-electron chi connectivity index (χ3n) is 4.22. The van der Waals surface area contributed by atoms with Crippen LogP contribution in [-0.2, 0) is 17.8 Å². The van der Waals surface area contributed by atoms with Crippen molar-refractivity contribution in [1.82, 2.24) is 4.90 Å². The number of imide groups is 1. The standard InChI is InChI=1S/C19H17BrClNO4S/c1-25-15-7-12(14(21)9-16(15)26-2)8-17-18(23)22(19(24)27-17)10-11-3-5-13(20)6-4-11/h3-7,9,17H,8,10H2,1-2H3/t17-/m0/s1. The molecule has 1 aliphatic rings. The van der Waals surface area contributed by atoms with E-state index in [9.17, 15) is 9.59 Å². The normalized spacial score (nSPS) is 16.7. The Balaban J connectivity index is 1.76. The van der Waals surface area contributed by atoms with E-state index in [0.717, 1.165) is 27.4 Å². The van der Waals surface area contributed by atoms with Crippen molar-refractivity contribution in [2.75, 3.05) is 14.2 Å². The summed E-state index contributed by atoms with van der Waals surface area (Å²) in [4.78, 5) is 26.4. The molecular formula is C19H17BrClNO4S. The molecule has 0 unspecified atom stereocenters. The van der Waals surface area contributed by atoms with Crippen molar-refractivity contribution in [2.24, 2.45) is 0 Å². The molecule has 0 spiro atoms. The summed E-state index contributed by atoms with van der Waals surface area (Å²) in [5, 5.41) is -0.284. The molecular weight excluding hydrogens is 454 g/mol. The maximum Gasteiger partial charge on any atom is 0.289 e. The fraction of sp³-hybridized carbons (Fsp3) is 0.263. The Labute approximate surface area is 175 Å². The summed E-state index contributed by atoms with van der Waals surface area (Å²) >= 11 is 10.7. The van der Waals surface area contributed by atoms with Gasteiger partial charge in [0.25, 0.3) is 5.24 Å². The van der Waals surface area contributed by atoms with Gasteiger partial charge in [-0.05, 0) is 35.7 Å². The Hall–Kier alpha value is -1.70. The van der Waals surface area contributed by atoms with Gasteiger partial charge in [0, 0.05) is 15.6 Å². The number of carbonyl (C=O) groups excluding carboxylic acids is 2. The monoisotopic (exact) mass is 469 g/mol. The Morgan fingerprint density at radius 1 is 1.11 bits per heavy atom. The highest BCUT2D eigenvalue weighted by Gasteiger charge is 2.39. The number of ether oxygens (including phenoxy) is 2. The highest BCUT2D eigenvalue weighted by Crippen LogP contribution is 2.37. The topological polar surface area (TPSA) is 55.8 Å². The van der Waals surface area contributed by atoms with Crippen molar-refractivity contribution in [1.29, 1.82) is 0 Å². The number of halogens is 2. The van der Waals surface area contributed by atoms with Gasteiger partial charge in [0.1, 0.15) is 0 Å². The number of nitrogens with zero attached hydrogens (tertiary/aromatic N) is 1. The van der Waals surface area contributed by atoms with Crippen LogP contribution in [0.5, 0.6) is 11.5 Å². The lowest BCUT2D eigenvalue weighted by molar-refractivity contribution is -0.127. The Morgan fingerprint density at radius 3 is 2.37 bits per heavy atom. The summed E-state index contributed by atoms with van der Waals surface area (Å²) < 4.78 is 11.5. The number of thioether (sulfide) groups is 1. The van der Waals surface area contributed by atoms with E-state index in [4.69, 9.17) is 21.1 Å². The molecule has 0 aliphatic carbocycles. The number of methoxy groups -OCH3 is 2. The van der Waals surface area contributed by atoms with E-state index in [0.29, 0.717) is 22.9 Å². The minimum absolute atomic E-state index is 0.209. The minimum atomic E-state index is -0.511. The van der Waals surface area contributed by atoms with Gasteiger partial charge in [0.15, 0.2) is 11.5 Å². The Kier molecular flexibility index (Phi) is 6.34. The minimum Gasteiger partial charge on any atom is -0.493 e. The molecule has 1 saturated heterocycles. The van der Waals surface area contributed by atoms with Gasteiger partial charge >= 0.3 is 0 Å². The first-order valence-electron chi connectivity index (χ1n) is 8.09. The smallest absolute Gasteiger partial charge is 0.289 e. The van der Waals surface area contributed by atoms with Crippen LogP contribution < -0.4 is 9.47 Å². The molecule has 3 rings (SSSR count). The number of amides is 2. The molecule has 1 heterocycles. The number of benzene rings is 2. The highest BCUT2D eigenvalue weighted by atomic mass is 79.9. The van der Waals surface area contributed by atoms with E-state index in [1.165, 1.54) is 19.1 Å². The lowest BCUT2D eigenvalue weighted by Crippen LogP contribution is -2.31. The quantitative estimate of drug-likeness (QED) is 0.599. The molecule has 27 heavy (non-hydrogen) atoms. The lowest BCUT2D eigenvalue weighted by atomic mass is 10.1. The van der Waals surface area contributed by atoms with Crippen molar-refractivity contribution >= 4 is 50.4 Å². The fourth-order valence-electron chi connectivity index (χ4n) is 2.80. The SMILES string of the molecule is COc1cc(Cl)c(C[C@@H]2SC(=O)N(Cc3ccc(Br)cc3)C2=O)cc1OC. The van der Waals surface area contributed by atoms with Crippen LogP contribution in [0.1, 0.15) is 11.1 Å². The fourth-order valence-corrected chi connectivity index (χ4v) is 4.31. The number of hydrogen-bond acceptors (Lipinski definition) is 5. The first-order chi connectivity index (χ1) is 12.9. The largest absolute Gasteiger partial charge is 0.493 e. The second-order valence-corrected chi connectivity index (χ2v) is 8.40. The van der Waals surface area contributed by atoms with Gasteiger partial charge < -0.3 is 9.47 Å².